The van der Waals surface area contributed by atoms with Crippen molar-refractivity contribution in [3.8, 4) is 29.2 Å². The second-order valence-corrected chi connectivity index (χ2v) is 7.67. The summed E-state index contributed by atoms with van der Waals surface area (Å²) < 4.78 is 38.0. The molecule has 1 saturated heterocycles. The minimum atomic E-state index is -0.825. The standard InChI is InChI=1S/C24H20F2N4O3/c25-16-2-7-21(20(26)11-16)32-17-3-5-18(6-4-17)33-23-19(22(28)31)10-15(12-30-23)24(13-27)8-1-9-29-14-24/h2-7,10-12,29H,1,8-9,14H2,(H2,28,31)/t24-/m1/s1. The Labute approximate surface area is 188 Å². The van der Waals surface area contributed by atoms with Crippen LogP contribution in [-0.4, -0.2) is 24.0 Å². The molecule has 0 unspecified atom stereocenters. The highest BCUT2D eigenvalue weighted by molar-refractivity contribution is 5.95. The molecule has 7 nitrogen and oxygen atoms in total. The maximum atomic E-state index is 13.8. The Morgan fingerprint density at radius 3 is 2.45 bits per heavy atom. The van der Waals surface area contributed by atoms with Crippen LogP contribution >= 0.6 is 0 Å². The Bertz CT molecular complexity index is 1220. The Morgan fingerprint density at radius 2 is 1.85 bits per heavy atom. The van der Waals surface area contributed by atoms with Gasteiger partial charge < -0.3 is 20.5 Å². The summed E-state index contributed by atoms with van der Waals surface area (Å²) in [5.41, 5.74) is 5.41. The maximum Gasteiger partial charge on any atom is 0.254 e. The topological polar surface area (TPSA) is 110 Å². The molecule has 3 N–H and O–H groups in total. The number of hydrogen-bond acceptors (Lipinski definition) is 6. The van der Waals surface area contributed by atoms with Crippen molar-refractivity contribution in [3.63, 3.8) is 0 Å². The van der Waals surface area contributed by atoms with Gasteiger partial charge in [0.15, 0.2) is 11.6 Å². The van der Waals surface area contributed by atoms with Crippen LogP contribution in [0.25, 0.3) is 0 Å². The van der Waals surface area contributed by atoms with Crippen LogP contribution < -0.4 is 20.5 Å². The molecule has 1 fully saturated rings. The molecule has 1 amide bonds. The molecule has 33 heavy (non-hydrogen) atoms. The van der Waals surface area contributed by atoms with Gasteiger partial charge in [-0.25, -0.2) is 13.8 Å². The fourth-order valence-corrected chi connectivity index (χ4v) is 3.66. The van der Waals surface area contributed by atoms with Crippen molar-refractivity contribution < 1.29 is 23.0 Å². The van der Waals surface area contributed by atoms with Crippen LogP contribution in [0.2, 0.25) is 0 Å². The van der Waals surface area contributed by atoms with Crippen LogP contribution in [0.15, 0.2) is 54.7 Å². The zero-order valence-corrected chi connectivity index (χ0v) is 17.5. The third kappa shape index (κ3) is 4.76. The summed E-state index contributed by atoms with van der Waals surface area (Å²) in [4.78, 5) is 16.3. The Kier molecular flexibility index (Phi) is 6.20. The normalized spacial score (nSPS) is 17.7. The number of ether oxygens (including phenoxy) is 2. The second kappa shape index (κ2) is 9.22. The van der Waals surface area contributed by atoms with Crippen molar-refractivity contribution in [1.29, 1.82) is 5.26 Å². The van der Waals surface area contributed by atoms with Crippen LogP contribution in [0.1, 0.15) is 28.8 Å². The van der Waals surface area contributed by atoms with E-state index in [2.05, 4.69) is 16.4 Å². The number of nitrogens with zero attached hydrogens (tertiary/aromatic N) is 2. The van der Waals surface area contributed by atoms with Gasteiger partial charge in [-0.15, -0.1) is 0 Å². The van der Waals surface area contributed by atoms with E-state index in [0.717, 1.165) is 25.1 Å². The first kappa shape index (κ1) is 22.2. The zero-order chi connectivity index (χ0) is 23.4. The summed E-state index contributed by atoms with van der Waals surface area (Å²) in [6, 6.07) is 13.0. The SMILES string of the molecule is N#C[C@]1(c2cnc(Oc3ccc(Oc4ccc(F)cc4F)cc3)c(C(N)=O)c2)CCCNC1. The molecule has 2 heterocycles. The number of nitriles is 1. The van der Waals surface area contributed by atoms with Crippen molar-refractivity contribution >= 4 is 5.91 Å². The maximum absolute atomic E-state index is 13.8. The number of nitrogens with one attached hydrogen (secondary N) is 1. The van der Waals surface area contributed by atoms with E-state index in [1.165, 1.54) is 24.4 Å². The van der Waals surface area contributed by atoms with Crippen LogP contribution in [0.5, 0.6) is 23.1 Å². The fraction of sp³-hybridized carbons (Fsp3) is 0.208. The van der Waals surface area contributed by atoms with Crippen molar-refractivity contribution in [3.05, 3.63) is 77.5 Å². The first-order valence-corrected chi connectivity index (χ1v) is 10.2. The molecule has 0 spiro atoms. The monoisotopic (exact) mass is 450 g/mol. The number of rotatable bonds is 6. The van der Waals surface area contributed by atoms with Crippen molar-refractivity contribution in [2.45, 2.75) is 18.3 Å². The molecular formula is C24H20F2N4O3. The molecular weight excluding hydrogens is 430 g/mol. The summed E-state index contributed by atoms with van der Waals surface area (Å²) in [5.74, 6) is -1.75. The quantitative estimate of drug-likeness (QED) is 0.583. The number of benzene rings is 2. The highest BCUT2D eigenvalue weighted by Crippen LogP contribution is 2.34. The lowest BCUT2D eigenvalue weighted by molar-refractivity contribution is 0.0997. The lowest BCUT2D eigenvalue weighted by Crippen LogP contribution is -2.42. The van der Waals surface area contributed by atoms with E-state index in [4.69, 9.17) is 15.2 Å². The van der Waals surface area contributed by atoms with Gasteiger partial charge in [0, 0.05) is 18.8 Å². The molecule has 1 aliphatic rings. The first-order valence-electron chi connectivity index (χ1n) is 10.2. The summed E-state index contributed by atoms with van der Waals surface area (Å²) in [7, 11) is 0. The number of nitrogens with two attached hydrogens (primary N) is 1. The van der Waals surface area contributed by atoms with Gasteiger partial charge in [-0.1, -0.05) is 0 Å². The highest BCUT2D eigenvalue weighted by Gasteiger charge is 2.35. The average molecular weight is 450 g/mol. The molecule has 168 valence electrons. The number of carbonyl (C=O) groups is 1. The summed E-state index contributed by atoms with van der Waals surface area (Å²) in [6.45, 7) is 1.29. The molecule has 0 bridgehead atoms. The Balaban J connectivity index is 1.54. The van der Waals surface area contributed by atoms with Crippen LogP contribution in [0.3, 0.4) is 0 Å². The lowest BCUT2D eigenvalue weighted by Gasteiger charge is -2.31. The van der Waals surface area contributed by atoms with Crippen LogP contribution in [0.4, 0.5) is 8.78 Å². The Hall–Kier alpha value is -4.03. The molecule has 1 aliphatic heterocycles. The minimum Gasteiger partial charge on any atom is -0.454 e. The van der Waals surface area contributed by atoms with E-state index in [9.17, 15) is 18.8 Å². The number of hydrogen-bond donors (Lipinski definition) is 2. The third-order valence-electron chi connectivity index (χ3n) is 5.43. The van der Waals surface area contributed by atoms with Crippen molar-refractivity contribution in [1.82, 2.24) is 10.3 Å². The number of carbonyl (C=O) groups excluding carboxylic acids is 1. The van der Waals surface area contributed by atoms with Gasteiger partial charge in [0.05, 0.1) is 11.5 Å². The first-order chi connectivity index (χ1) is 15.9. The minimum absolute atomic E-state index is 0.00126. The summed E-state index contributed by atoms with van der Waals surface area (Å²) >= 11 is 0. The van der Waals surface area contributed by atoms with Gasteiger partial charge >= 0.3 is 0 Å². The summed E-state index contributed by atoms with van der Waals surface area (Å²) in [5, 5.41) is 13.0. The van der Waals surface area contributed by atoms with E-state index in [1.807, 2.05) is 0 Å². The molecule has 0 radical (unpaired) electrons. The van der Waals surface area contributed by atoms with Crippen LogP contribution in [0, 0.1) is 23.0 Å². The van der Waals surface area contributed by atoms with Gasteiger partial charge in [-0.2, -0.15) is 5.26 Å². The van der Waals surface area contributed by atoms with Crippen molar-refractivity contribution in [2.75, 3.05) is 13.1 Å². The third-order valence-corrected chi connectivity index (χ3v) is 5.43. The number of pyridine rings is 1. The van der Waals surface area contributed by atoms with Crippen molar-refractivity contribution in [2.24, 2.45) is 5.73 Å². The van der Waals surface area contributed by atoms with Gasteiger partial charge in [-0.05, 0) is 67.4 Å². The smallest absolute Gasteiger partial charge is 0.254 e. The van der Waals surface area contributed by atoms with Gasteiger partial charge in [0.1, 0.15) is 22.9 Å². The number of amides is 1. The molecule has 1 atom stereocenters. The average Bonchev–Trinajstić information content (AvgIpc) is 2.82. The molecule has 1 aromatic heterocycles. The van der Waals surface area contributed by atoms with Crippen LogP contribution in [-0.2, 0) is 5.41 Å². The predicted molar refractivity (Wildman–Crippen MR) is 115 cm³/mol. The van der Waals surface area contributed by atoms with Gasteiger partial charge in [-0.3, -0.25) is 4.79 Å². The number of aromatic nitrogens is 1. The molecule has 9 heteroatoms. The number of halogens is 2. The van der Waals surface area contributed by atoms with E-state index >= 15 is 0 Å². The largest absolute Gasteiger partial charge is 0.454 e. The molecule has 2 aromatic carbocycles. The lowest BCUT2D eigenvalue weighted by atomic mass is 9.76. The molecule has 0 saturated carbocycles. The van der Waals surface area contributed by atoms with Gasteiger partial charge in [0.2, 0.25) is 5.88 Å². The summed E-state index contributed by atoms with van der Waals surface area (Å²) in [6.07, 6.45) is 2.99. The molecule has 0 aliphatic carbocycles. The van der Waals surface area contributed by atoms with E-state index < -0.39 is 23.0 Å². The van der Waals surface area contributed by atoms with E-state index in [1.54, 1.807) is 18.2 Å². The zero-order valence-electron chi connectivity index (χ0n) is 17.5. The number of piperidine rings is 1. The number of primary amides is 1. The second-order valence-electron chi connectivity index (χ2n) is 7.67. The van der Waals surface area contributed by atoms with E-state index in [0.29, 0.717) is 30.0 Å². The Morgan fingerprint density at radius 1 is 1.12 bits per heavy atom. The molecule has 3 aromatic rings. The predicted octanol–water partition coefficient (Wildman–Crippen LogP) is 4.19. The highest BCUT2D eigenvalue weighted by atomic mass is 19.1. The van der Waals surface area contributed by atoms with E-state index in [-0.39, 0.29) is 17.2 Å². The van der Waals surface area contributed by atoms with Gasteiger partial charge in [0.25, 0.3) is 5.91 Å². The molecule has 4 rings (SSSR count). The fourth-order valence-electron chi connectivity index (χ4n) is 3.66.